The Morgan fingerprint density at radius 3 is 2.68 bits per heavy atom. The van der Waals surface area contributed by atoms with E-state index in [4.69, 9.17) is 5.73 Å². The fraction of sp³-hybridized carbons (Fsp3) is 0.571. The summed E-state index contributed by atoms with van der Waals surface area (Å²) in [6.45, 7) is 0.520. The Hall–Kier alpha value is -1.07. The molecule has 0 aliphatic heterocycles. The smallest absolute Gasteiger partial charge is 0.283 e. The molecule has 19 heavy (non-hydrogen) atoms. The number of hydrogen-bond donors (Lipinski definition) is 1. The van der Waals surface area contributed by atoms with E-state index >= 15 is 0 Å². The molecule has 0 bridgehead atoms. The highest BCUT2D eigenvalue weighted by atomic mass is 32.2. The van der Waals surface area contributed by atoms with Gasteiger partial charge in [0, 0.05) is 11.3 Å². The first-order chi connectivity index (χ1) is 9.20. The summed E-state index contributed by atoms with van der Waals surface area (Å²) in [5, 5.41) is 11.7. The van der Waals surface area contributed by atoms with Crippen LogP contribution in [0.15, 0.2) is 23.1 Å². The van der Waals surface area contributed by atoms with E-state index in [2.05, 4.69) is 0 Å². The quantitative estimate of drug-likeness (QED) is 0.662. The summed E-state index contributed by atoms with van der Waals surface area (Å²) in [4.78, 5) is 11.7. The summed E-state index contributed by atoms with van der Waals surface area (Å²) in [7, 11) is 0. The molecule has 0 saturated heterocycles. The molecule has 0 unspecified atom stereocenters. The number of nitro benzene ring substituents is 1. The Kier molecular flexibility index (Phi) is 5.22. The first-order valence-electron chi connectivity index (χ1n) is 6.84. The van der Waals surface area contributed by atoms with Gasteiger partial charge in [-0.1, -0.05) is 25.3 Å². The number of rotatable bonds is 5. The summed E-state index contributed by atoms with van der Waals surface area (Å²) in [5.41, 5.74) is 6.68. The van der Waals surface area contributed by atoms with Gasteiger partial charge in [-0.3, -0.25) is 10.1 Å². The van der Waals surface area contributed by atoms with Crippen LogP contribution in [0, 0.1) is 10.1 Å². The Morgan fingerprint density at radius 2 is 2.05 bits per heavy atom. The highest BCUT2D eigenvalue weighted by Crippen LogP contribution is 2.38. The van der Waals surface area contributed by atoms with Gasteiger partial charge in [0.15, 0.2) is 0 Å². The molecule has 5 heteroatoms. The maximum absolute atomic E-state index is 11.2. The van der Waals surface area contributed by atoms with Gasteiger partial charge in [0.05, 0.1) is 9.82 Å². The zero-order chi connectivity index (χ0) is 13.7. The van der Waals surface area contributed by atoms with Crippen molar-refractivity contribution in [3.8, 4) is 0 Å². The molecule has 1 fully saturated rings. The summed E-state index contributed by atoms with van der Waals surface area (Å²) >= 11 is 1.67. The van der Waals surface area contributed by atoms with Crippen molar-refractivity contribution in [3.05, 3.63) is 33.9 Å². The zero-order valence-electron chi connectivity index (χ0n) is 11.0. The van der Waals surface area contributed by atoms with Crippen LogP contribution in [0.2, 0.25) is 0 Å². The summed E-state index contributed by atoms with van der Waals surface area (Å²) in [5.74, 6) is 0. The standard InChI is InChI=1S/C14H20N2O2S/c15-9-8-11-6-7-14(13(10-11)16(17)18)19-12-4-2-1-3-5-12/h6-7,10,12H,1-5,8-9,15H2. The number of hydrogen-bond acceptors (Lipinski definition) is 4. The van der Waals surface area contributed by atoms with Gasteiger partial charge in [-0.15, -0.1) is 11.8 Å². The van der Waals surface area contributed by atoms with Crippen molar-refractivity contribution in [3.63, 3.8) is 0 Å². The highest BCUT2D eigenvalue weighted by molar-refractivity contribution is 8.00. The van der Waals surface area contributed by atoms with E-state index < -0.39 is 0 Å². The molecule has 0 atom stereocenters. The Labute approximate surface area is 117 Å². The normalized spacial score (nSPS) is 16.5. The molecule has 0 amide bonds. The third-order valence-electron chi connectivity index (χ3n) is 3.50. The molecular weight excluding hydrogens is 260 g/mol. The van der Waals surface area contributed by atoms with Crippen LogP contribution in [-0.2, 0) is 6.42 Å². The van der Waals surface area contributed by atoms with Crippen molar-refractivity contribution in [2.45, 2.75) is 48.7 Å². The SMILES string of the molecule is NCCc1ccc(SC2CCCCC2)c([N+](=O)[O-])c1. The molecule has 0 radical (unpaired) electrons. The maximum Gasteiger partial charge on any atom is 0.283 e. The van der Waals surface area contributed by atoms with E-state index in [0.717, 1.165) is 10.5 Å². The van der Waals surface area contributed by atoms with Crippen LogP contribution < -0.4 is 5.73 Å². The summed E-state index contributed by atoms with van der Waals surface area (Å²) in [6, 6.07) is 5.53. The lowest BCUT2D eigenvalue weighted by Gasteiger charge is -2.20. The number of nitrogens with two attached hydrogens (primary N) is 1. The summed E-state index contributed by atoms with van der Waals surface area (Å²) in [6.07, 6.45) is 6.83. The maximum atomic E-state index is 11.2. The van der Waals surface area contributed by atoms with E-state index in [1.807, 2.05) is 12.1 Å². The van der Waals surface area contributed by atoms with E-state index in [1.54, 1.807) is 17.8 Å². The van der Waals surface area contributed by atoms with Gasteiger partial charge in [-0.05, 0) is 37.4 Å². The van der Waals surface area contributed by atoms with E-state index in [-0.39, 0.29) is 10.6 Å². The fourth-order valence-electron chi connectivity index (χ4n) is 2.49. The zero-order valence-corrected chi connectivity index (χ0v) is 11.8. The van der Waals surface area contributed by atoms with Gasteiger partial charge in [0.25, 0.3) is 5.69 Å². The summed E-state index contributed by atoms with van der Waals surface area (Å²) < 4.78 is 0. The van der Waals surface area contributed by atoms with Crippen LogP contribution in [0.4, 0.5) is 5.69 Å². The first kappa shape index (κ1) is 14.3. The van der Waals surface area contributed by atoms with Gasteiger partial charge in [-0.2, -0.15) is 0 Å². The van der Waals surface area contributed by atoms with Gasteiger partial charge in [0.2, 0.25) is 0 Å². The third-order valence-corrected chi connectivity index (χ3v) is 4.90. The lowest BCUT2D eigenvalue weighted by atomic mass is 10.0. The molecule has 1 aromatic rings. The van der Waals surface area contributed by atoms with Crippen LogP contribution in [-0.4, -0.2) is 16.7 Å². The van der Waals surface area contributed by atoms with Crippen molar-refractivity contribution < 1.29 is 4.92 Å². The number of benzene rings is 1. The Balaban J connectivity index is 2.15. The molecule has 0 spiro atoms. The lowest BCUT2D eigenvalue weighted by molar-refractivity contribution is -0.387. The minimum Gasteiger partial charge on any atom is -0.330 e. The molecular formula is C14H20N2O2S. The number of thioether (sulfide) groups is 1. The van der Waals surface area contributed by atoms with Gasteiger partial charge >= 0.3 is 0 Å². The number of nitrogens with zero attached hydrogens (tertiary/aromatic N) is 1. The van der Waals surface area contributed by atoms with E-state index in [9.17, 15) is 10.1 Å². The Bertz CT molecular complexity index is 445. The van der Waals surface area contributed by atoms with Crippen molar-refractivity contribution in [1.82, 2.24) is 0 Å². The monoisotopic (exact) mass is 280 g/mol. The molecule has 1 aliphatic carbocycles. The van der Waals surface area contributed by atoms with E-state index in [1.165, 1.54) is 32.1 Å². The van der Waals surface area contributed by atoms with Crippen molar-refractivity contribution in [1.29, 1.82) is 0 Å². The van der Waals surface area contributed by atoms with Crippen molar-refractivity contribution in [2.75, 3.05) is 6.54 Å². The molecule has 0 aromatic heterocycles. The molecule has 2 N–H and O–H groups in total. The predicted molar refractivity (Wildman–Crippen MR) is 78.6 cm³/mol. The molecule has 0 heterocycles. The van der Waals surface area contributed by atoms with Crippen LogP contribution >= 0.6 is 11.8 Å². The van der Waals surface area contributed by atoms with Crippen LogP contribution in [0.25, 0.3) is 0 Å². The molecule has 104 valence electrons. The average molecular weight is 280 g/mol. The minimum absolute atomic E-state index is 0.238. The van der Waals surface area contributed by atoms with Crippen LogP contribution in [0.5, 0.6) is 0 Å². The van der Waals surface area contributed by atoms with Crippen LogP contribution in [0.1, 0.15) is 37.7 Å². The molecule has 4 nitrogen and oxygen atoms in total. The van der Waals surface area contributed by atoms with Crippen LogP contribution in [0.3, 0.4) is 0 Å². The highest BCUT2D eigenvalue weighted by Gasteiger charge is 2.20. The lowest BCUT2D eigenvalue weighted by Crippen LogP contribution is -2.08. The van der Waals surface area contributed by atoms with E-state index in [0.29, 0.717) is 18.2 Å². The third kappa shape index (κ3) is 3.94. The first-order valence-corrected chi connectivity index (χ1v) is 7.72. The number of nitro groups is 1. The molecule has 2 rings (SSSR count). The second kappa shape index (κ2) is 6.91. The van der Waals surface area contributed by atoms with Crippen molar-refractivity contribution >= 4 is 17.4 Å². The molecule has 1 aromatic carbocycles. The molecule has 1 saturated carbocycles. The topological polar surface area (TPSA) is 69.2 Å². The second-order valence-electron chi connectivity index (χ2n) is 4.98. The minimum atomic E-state index is -0.273. The average Bonchev–Trinajstić information content (AvgIpc) is 2.42. The van der Waals surface area contributed by atoms with Gasteiger partial charge in [0.1, 0.15) is 0 Å². The molecule has 1 aliphatic rings. The fourth-order valence-corrected chi connectivity index (χ4v) is 3.82. The predicted octanol–water partition coefficient (Wildman–Crippen LogP) is 3.52. The van der Waals surface area contributed by atoms with Gasteiger partial charge < -0.3 is 5.73 Å². The van der Waals surface area contributed by atoms with Crippen molar-refractivity contribution in [2.24, 2.45) is 5.73 Å². The second-order valence-corrected chi connectivity index (χ2v) is 6.32. The Morgan fingerprint density at radius 1 is 1.32 bits per heavy atom. The van der Waals surface area contributed by atoms with Gasteiger partial charge in [-0.25, -0.2) is 0 Å². The largest absolute Gasteiger partial charge is 0.330 e.